The number of aromatic nitrogens is 2. The number of anilines is 1. The van der Waals surface area contributed by atoms with Crippen molar-refractivity contribution in [3.8, 4) is 0 Å². The second-order valence-electron chi connectivity index (χ2n) is 9.09. The molecule has 0 unspecified atom stereocenters. The van der Waals surface area contributed by atoms with Gasteiger partial charge < -0.3 is 20.2 Å². The molecule has 1 atom stereocenters. The van der Waals surface area contributed by atoms with Crippen molar-refractivity contribution in [2.24, 2.45) is 0 Å². The van der Waals surface area contributed by atoms with Crippen LogP contribution in [0.25, 0.3) is 0 Å². The Morgan fingerprint density at radius 1 is 1.25 bits per heavy atom. The van der Waals surface area contributed by atoms with Crippen molar-refractivity contribution >= 4 is 11.7 Å². The molecule has 1 aliphatic rings. The molecule has 1 aliphatic heterocycles. The summed E-state index contributed by atoms with van der Waals surface area (Å²) in [6.07, 6.45) is 2.81. The van der Waals surface area contributed by atoms with Gasteiger partial charge in [-0.05, 0) is 38.4 Å². The molecule has 174 valence electrons. The van der Waals surface area contributed by atoms with E-state index in [2.05, 4.69) is 17.2 Å². The van der Waals surface area contributed by atoms with Gasteiger partial charge in [0, 0.05) is 38.7 Å². The number of benzene rings is 1. The van der Waals surface area contributed by atoms with E-state index in [1.165, 1.54) is 17.0 Å². The smallest absolute Gasteiger partial charge is 0.255 e. The molecule has 32 heavy (non-hydrogen) atoms. The van der Waals surface area contributed by atoms with Crippen LogP contribution in [0.5, 0.6) is 0 Å². The monoisotopic (exact) mass is 441 g/mol. The van der Waals surface area contributed by atoms with Gasteiger partial charge in [-0.15, -0.1) is 0 Å². The highest BCUT2D eigenvalue weighted by molar-refractivity contribution is 5.77. The van der Waals surface area contributed by atoms with Gasteiger partial charge in [-0.1, -0.05) is 37.3 Å². The summed E-state index contributed by atoms with van der Waals surface area (Å²) in [5, 5.41) is 14.2. The molecule has 2 N–H and O–H groups in total. The normalized spacial score (nSPS) is 16.7. The number of piperidine rings is 1. The lowest BCUT2D eigenvalue weighted by molar-refractivity contribution is -0.136. The highest BCUT2D eigenvalue weighted by Gasteiger charge is 2.34. The number of rotatable bonds is 9. The van der Waals surface area contributed by atoms with E-state index >= 15 is 0 Å². The third-order valence-electron chi connectivity index (χ3n) is 6.11. The lowest BCUT2D eigenvalue weighted by atomic mass is 9.90. The number of nitrogens with zero attached hydrogens (tertiary/aromatic N) is 4. The fraction of sp³-hybridized carbons (Fsp3) is 0.542. The minimum Gasteiger partial charge on any atom is -0.388 e. The Balaban J connectivity index is 1.51. The molecule has 8 nitrogen and oxygen atoms in total. The lowest BCUT2D eigenvalue weighted by Gasteiger charge is -2.38. The van der Waals surface area contributed by atoms with Crippen molar-refractivity contribution < 1.29 is 9.90 Å². The summed E-state index contributed by atoms with van der Waals surface area (Å²) in [5.74, 6) is 0.794. The van der Waals surface area contributed by atoms with Gasteiger partial charge in [-0.3, -0.25) is 14.2 Å². The second kappa shape index (κ2) is 10.7. The third-order valence-corrected chi connectivity index (χ3v) is 6.11. The maximum atomic E-state index is 12.7. The standard InChI is InChI=1S/C24H35N5O3/c1-19(20-7-5-4-6-8-20)15-22(30)28-12-9-24(32,10-13-28)17-29-18-26-21(16-23(29)31)25-11-14-27(2)3/h4-8,16,18-19,25,32H,9-15,17H2,1-3H3/t19-/m1/s1. The number of carbonyl (C=O) groups is 1. The van der Waals surface area contributed by atoms with Crippen LogP contribution in [0, 0.1) is 0 Å². The maximum Gasteiger partial charge on any atom is 0.255 e. The van der Waals surface area contributed by atoms with E-state index in [0.717, 1.165) is 12.1 Å². The summed E-state index contributed by atoms with van der Waals surface area (Å²) in [5.41, 5.74) is -0.0652. The van der Waals surface area contributed by atoms with E-state index in [1.54, 1.807) is 0 Å². The minimum absolute atomic E-state index is 0.107. The molecule has 1 amide bonds. The molecule has 8 heteroatoms. The van der Waals surface area contributed by atoms with Gasteiger partial charge in [0.25, 0.3) is 5.56 Å². The number of carbonyl (C=O) groups excluding carboxylic acids is 1. The quantitative estimate of drug-likeness (QED) is 0.616. The summed E-state index contributed by atoms with van der Waals surface area (Å²) in [6.45, 7) is 4.75. The summed E-state index contributed by atoms with van der Waals surface area (Å²) >= 11 is 0. The van der Waals surface area contributed by atoms with E-state index < -0.39 is 5.60 Å². The minimum atomic E-state index is -1.02. The number of amides is 1. The van der Waals surface area contributed by atoms with Crippen LogP contribution >= 0.6 is 0 Å². The predicted molar refractivity (Wildman–Crippen MR) is 126 cm³/mol. The van der Waals surface area contributed by atoms with Crippen LogP contribution in [-0.4, -0.2) is 76.2 Å². The number of nitrogens with one attached hydrogen (secondary N) is 1. The Bertz CT molecular complexity index is 936. The average Bonchev–Trinajstić information content (AvgIpc) is 2.76. The van der Waals surface area contributed by atoms with Gasteiger partial charge in [-0.25, -0.2) is 4.98 Å². The molecule has 2 heterocycles. The van der Waals surface area contributed by atoms with Gasteiger partial charge in [-0.2, -0.15) is 0 Å². The molecule has 1 fully saturated rings. The van der Waals surface area contributed by atoms with E-state index in [4.69, 9.17) is 0 Å². The van der Waals surface area contributed by atoms with Crippen molar-refractivity contribution in [1.82, 2.24) is 19.4 Å². The summed E-state index contributed by atoms with van der Waals surface area (Å²) in [7, 11) is 3.97. The molecule has 1 aromatic carbocycles. The lowest BCUT2D eigenvalue weighted by Crippen LogP contribution is -2.49. The number of likely N-dealkylation sites (N-methyl/N-ethyl adjacent to an activating group) is 1. The highest BCUT2D eigenvalue weighted by Crippen LogP contribution is 2.26. The molecular formula is C24H35N5O3. The van der Waals surface area contributed by atoms with Crippen molar-refractivity contribution in [3.63, 3.8) is 0 Å². The Kier molecular flexibility index (Phi) is 8.04. The van der Waals surface area contributed by atoms with Crippen molar-refractivity contribution in [3.05, 3.63) is 58.6 Å². The molecule has 1 saturated heterocycles. The summed E-state index contributed by atoms with van der Waals surface area (Å²) in [6, 6.07) is 11.5. The van der Waals surface area contributed by atoms with Crippen molar-refractivity contribution in [2.45, 2.75) is 44.2 Å². The Hall–Kier alpha value is -2.71. The van der Waals surface area contributed by atoms with Crippen LogP contribution in [0.1, 0.15) is 37.7 Å². The zero-order valence-electron chi connectivity index (χ0n) is 19.3. The van der Waals surface area contributed by atoms with Gasteiger partial charge in [0.2, 0.25) is 5.91 Å². The summed E-state index contributed by atoms with van der Waals surface area (Å²) < 4.78 is 1.45. The fourth-order valence-corrected chi connectivity index (χ4v) is 3.99. The van der Waals surface area contributed by atoms with Crippen LogP contribution in [0.3, 0.4) is 0 Å². The van der Waals surface area contributed by atoms with Crippen molar-refractivity contribution in [1.29, 1.82) is 0 Å². The van der Waals surface area contributed by atoms with Gasteiger partial charge in [0.1, 0.15) is 5.82 Å². The molecule has 0 spiro atoms. The van der Waals surface area contributed by atoms with E-state index in [1.807, 2.05) is 54.2 Å². The first-order valence-corrected chi connectivity index (χ1v) is 11.3. The molecular weight excluding hydrogens is 406 g/mol. The first-order valence-electron chi connectivity index (χ1n) is 11.3. The Labute approximate surface area is 189 Å². The Morgan fingerprint density at radius 3 is 2.56 bits per heavy atom. The van der Waals surface area contributed by atoms with Crippen LogP contribution in [-0.2, 0) is 11.3 Å². The van der Waals surface area contributed by atoms with Crippen LogP contribution in [0.2, 0.25) is 0 Å². The zero-order chi connectivity index (χ0) is 23.1. The molecule has 0 bridgehead atoms. The molecule has 0 radical (unpaired) electrons. The molecule has 0 saturated carbocycles. The first kappa shape index (κ1) is 23.9. The van der Waals surface area contributed by atoms with Crippen molar-refractivity contribution in [2.75, 3.05) is 45.6 Å². The molecule has 2 aromatic rings. The molecule has 0 aliphatic carbocycles. The van der Waals surface area contributed by atoms with E-state index in [0.29, 0.717) is 44.7 Å². The van der Waals surface area contributed by atoms with E-state index in [9.17, 15) is 14.7 Å². The second-order valence-corrected chi connectivity index (χ2v) is 9.09. The third kappa shape index (κ3) is 6.64. The molecule has 3 rings (SSSR count). The van der Waals surface area contributed by atoms with Crippen LogP contribution in [0.15, 0.2) is 47.5 Å². The fourth-order valence-electron chi connectivity index (χ4n) is 3.99. The first-order chi connectivity index (χ1) is 15.3. The van der Waals surface area contributed by atoms with E-state index in [-0.39, 0.29) is 23.9 Å². The SMILES string of the molecule is C[C@H](CC(=O)N1CCC(O)(Cn2cnc(NCCN(C)C)cc2=O)CC1)c1ccccc1. The average molecular weight is 442 g/mol. The largest absolute Gasteiger partial charge is 0.388 e. The molecule has 1 aromatic heterocycles. The summed E-state index contributed by atoms with van der Waals surface area (Å²) in [4.78, 5) is 33.4. The topological polar surface area (TPSA) is 90.7 Å². The van der Waals surface area contributed by atoms with Crippen LogP contribution < -0.4 is 10.9 Å². The predicted octanol–water partition coefficient (Wildman–Crippen LogP) is 1.76. The number of aliphatic hydroxyl groups is 1. The zero-order valence-corrected chi connectivity index (χ0v) is 19.3. The van der Waals surface area contributed by atoms with Crippen LogP contribution in [0.4, 0.5) is 5.82 Å². The number of hydrogen-bond donors (Lipinski definition) is 2. The maximum absolute atomic E-state index is 12.7. The number of hydrogen-bond acceptors (Lipinski definition) is 6. The highest BCUT2D eigenvalue weighted by atomic mass is 16.3. The van der Waals surface area contributed by atoms with Gasteiger partial charge >= 0.3 is 0 Å². The Morgan fingerprint density at radius 2 is 1.94 bits per heavy atom. The van der Waals surface area contributed by atoms with Gasteiger partial charge in [0.05, 0.1) is 18.5 Å². The number of likely N-dealkylation sites (tertiary alicyclic amines) is 1. The van der Waals surface area contributed by atoms with Gasteiger partial charge in [0.15, 0.2) is 0 Å².